The summed E-state index contributed by atoms with van der Waals surface area (Å²) in [7, 11) is 0. The highest BCUT2D eigenvalue weighted by atomic mass is 16.5. The number of hydrogen-bond donors (Lipinski definition) is 1. The molecular weight excluding hydrogens is 162 g/mol. The highest BCUT2D eigenvalue weighted by Crippen LogP contribution is 2.26. The third kappa shape index (κ3) is 3.65. The van der Waals surface area contributed by atoms with Gasteiger partial charge < -0.3 is 10.5 Å². The molecule has 2 nitrogen and oxygen atoms in total. The summed E-state index contributed by atoms with van der Waals surface area (Å²) in [4.78, 5) is 0. The van der Waals surface area contributed by atoms with Crippen molar-refractivity contribution in [3.63, 3.8) is 0 Å². The van der Waals surface area contributed by atoms with Gasteiger partial charge in [-0.3, -0.25) is 0 Å². The Labute approximate surface area is 81.8 Å². The Bertz CT molecular complexity index is 147. The Morgan fingerprint density at radius 1 is 1.31 bits per heavy atom. The van der Waals surface area contributed by atoms with Crippen molar-refractivity contribution in [1.29, 1.82) is 0 Å². The molecule has 1 aliphatic carbocycles. The molecule has 0 amide bonds. The zero-order valence-corrected chi connectivity index (χ0v) is 9.12. The molecule has 0 bridgehead atoms. The maximum absolute atomic E-state index is 5.90. The van der Waals surface area contributed by atoms with Gasteiger partial charge >= 0.3 is 0 Å². The quantitative estimate of drug-likeness (QED) is 0.732. The van der Waals surface area contributed by atoms with Crippen molar-refractivity contribution in [2.24, 2.45) is 11.7 Å². The van der Waals surface area contributed by atoms with Crippen LogP contribution in [0, 0.1) is 5.92 Å². The van der Waals surface area contributed by atoms with Crippen molar-refractivity contribution in [2.45, 2.75) is 64.7 Å². The molecule has 1 fully saturated rings. The zero-order chi connectivity index (χ0) is 9.84. The molecule has 0 radical (unpaired) electrons. The van der Waals surface area contributed by atoms with Gasteiger partial charge in [0.1, 0.15) is 0 Å². The predicted molar refractivity (Wildman–Crippen MR) is 55.6 cm³/mol. The lowest BCUT2D eigenvalue weighted by Crippen LogP contribution is -2.36. The number of hydrogen-bond acceptors (Lipinski definition) is 2. The summed E-state index contributed by atoms with van der Waals surface area (Å²) in [5, 5.41) is 0. The largest absolute Gasteiger partial charge is 0.374 e. The molecule has 0 aromatic rings. The van der Waals surface area contributed by atoms with Gasteiger partial charge in [-0.1, -0.05) is 19.8 Å². The molecular formula is C11H23NO. The van der Waals surface area contributed by atoms with E-state index >= 15 is 0 Å². The first-order valence-electron chi connectivity index (χ1n) is 5.50. The second-order valence-corrected chi connectivity index (χ2v) is 4.59. The molecule has 0 aliphatic heterocycles. The van der Waals surface area contributed by atoms with E-state index in [1.165, 1.54) is 25.7 Å². The van der Waals surface area contributed by atoms with Crippen LogP contribution in [0.1, 0.15) is 46.5 Å². The molecule has 1 rings (SSSR count). The smallest absolute Gasteiger partial charge is 0.0698 e. The fraction of sp³-hybridized carbons (Fsp3) is 1.00. The minimum absolute atomic E-state index is 0.150. The molecule has 1 aliphatic rings. The Morgan fingerprint density at radius 3 is 2.54 bits per heavy atom. The van der Waals surface area contributed by atoms with Gasteiger partial charge in [0.25, 0.3) is 0 Å². The maximum atomic E-state index is 5.90. The highest BCUT2D eigenvalue weighted by molar-refractivity contribution is 4.73. The van der Waals surface area contributed by atoms with Crippen LogP contribution >= 0.6 is 0 Å². The normalized spacial score (nSPS) is 34.2. The van der Waals surface area contributed by atoms with Crippen LogP contribution in [0.2, 0.25) is 0 Å². The zero-order valence-electron chi connectivity index (χ0n) is 9.12. The van der Waals surface area contributed by atoms with Crippen LogP contribution in [-0.4, -0.2) is 18.2 Å². The number of ether oxygens (including phenoxy) is 1. The van der Waals surface area contributed by atoms with Crippen LogP contribution in [0.5, 0.6) is 0 Å². The minimum Gasteiger partial charge on any atom is -0.374 e. The van der Waals surface area contributed by atoms with E-state index in [2.05, 4.69) is 13.8 Å². The molecule has 2 heteroatoms. The average molecular weight is 185 g/mol. The second-order valence-electron chi connectivity index (χ2n) is 4.59. The first-order valence-corrected chi connectivity index (χ1v) is 5.50. The molecule has 0 aromatic heterocycles. The third-order valence-electron chi connectivity index (χ3n) is 3.04. The van der Waals surface area contributed by atoms with Crippen LogP contribution < -0.4 is 5.73 Å². The van der Waals surface area contributed by atoms with Crippen molar-refractivity contribution in [2.75, 3.05) is 0 Å². The van der Waals surface area contributed by atoms with Gasteiger partial charge in [0.15, 0.2) is 0 Å². The topological polar surface area (TPSA) is 35.2 Å². The van der Waals surface area contributed by atoms with Crippen LogP contribution in [-0.2, 0) is 4.74 Å². The summed E-state index contributed by atoms with van der Waals surface area (Å²) < 4.78 is 5.90. The molecule has 13 heavy (non-hydrogen) atoms. The van der Waals surface area contributed by atoms with Crippen LogP contribution in [0.4, 0.5) is 0 Å². The standard InChI is InChI=1S/C11H23NO/c1-8-5-4-6-11(7-8)13-10(3)9(2)12/h8-11H,4-7,12H2,1-3H3. The summed E-state index contributed by atoms with van der Waals surface area (Å²) in [5.74, 6) is 0.832. The summed E-state index contributed by atoms with van der Waals surface area (Å²) in [6.07, 6.45) is 5.79. The Morgan fingerprint density at radius 2 is 2.00 bits per heavy atom. The monoisotopic (exact) mass is 185 g/mol. The van der Waals surface area contributed by atoms with E-state index in [1.807, 2.05) is 6.92 Å². The molecule has 0 heterocycles. The van der Waals surface area contributed by atoms with E-state index in [9.17, 15) is 0 Å². The second kappa shape index (κ2) is 4.97. The van der Waals surface area contributed by atoms with E-state index in [0.717, 1.165) is 5.92 Å². The van der Waals surface area contributed by atoms with E-state index in [4.69, 9.17) is 10.5 Å². The predicted octanol–water partition coefficient (Wildman–Crippen LogP) is 2.32. The third-order valence-corrected chi connectivity index (χ3v) is 3.04. The van der Waals surface area contributed by atoms with E-state index in [1.54, 1.807) is 0 Å². The SMILES string of the molecule is CC1CCCC(OC(C)C(C)N)C1. The summed E-state index contributed by atoms with van der Waals surface area (Å²) in [6.45, 7) is 6.40. The van der Waals surface area contributed by atoms with E-state index < -0.39 is 0 Å². The molecule has 4 unspecified atom stereocenters. The van der Waals surface area contributed by atoms with Crippen molar-refractivity contribution in [3.8, 4) is 0 Å². The van der Waals surface area contributed by atoms with Crippen LogP contribution in [0.15, 0.2) is 0 Å². The number of rotatable bonds is 3. The molecule has 78 valence electrons. The highest BCUT2D eigenvalue weighted by Gasteiger charge is 2.22. The van der Waals surface area contributed by atoms with Crippen molar-refractivity contribution < 1.29 is 4.74 Å². The molecule has 0 saturated heterocycles. The fourth-order valence-electron chi connectivity index (χ4n) is 1.93. The summed E-state index contributed by atoms with van der Waals surface area (Å²) >= 11 is 0. The molecule has 0 spiro atoms. The van der Waals surface area contributed by atoms with Crippen molar-refractivity contribution in [1.82, 2.24) is 0 Å². The Kier molecular flexibility index (Phi) is 4.20. The lowest BCUT2D eigenvalue weighted by molar-refractivity contribution is -0.0382. The molecule has 0 aromatic carbocycles. The first kappa shape index (κ1) is 11.0. The summed E-state index contributed by atoms with van der Waals surface area (Å²) in [6, 6.07) is 0.150. The minimum atomic E-state index is 0.150. The van der Waals surface area contributed by atoms with Gasteiger partial charge in [0.2, 0.25) is 0 Å². The number of nitrogens with two attached hydrogens (primary N) is 1. The van der Waals surface area contributed by atoms with Gasteiger partial charge in [0.05, 0.1) is 12.2 Å². The molecule has 4 atom stereocenters. The van der Waals surface area contributed by atoms with E-state index in [-0.39, 0.29) is 12.1 Å². The molecule has 1 saturated carbocycles. The van der Waals surface area contributed by atoms with Gasteiger partial charge in [-0.25, -0.2) is 0 Å². The first-order chi connectivity index (χ1) is 6.09. The Balaban J connectivity index is 2.27. The lowest BCUT2D eigenvalue weighted by Gasteiger charge is -2.30. The lowest BCUT2D eigenvalue weighted by atomic mass is 9.88. The fourth-order valence-corrected chi connectivity index (χ4v) is 1.93. The van der Waals surface area contributed by atoms with Gasteiger partial charge in [-0.05, 0) is 32.6 Å². The van der Waals surface area contributed by atoms with Crippen LogP contribution in [0.25, 0.3) is 0 Å². The maximum Gasteiger partial charge on any atom is 0.0698 e. The average Bonchev–Trinajstić information content (AvgIpc) is 2.04. The Hall–Kier alpha value is -0.0800. The molecule has 2 N–H and O–H groups in total. The van der Waals surface area contributed by atoms with Gasteiger partial charge in [-0.15, -0.1) is 0 Å². The van der Waals surface area contributed by atoms with Gasteiger partial charge in [0, 0.05) is 6.04 Å². The van der Waals surface area contributed by atoms with Gasteiger partial charge in [-0.2, -0.15) is 0 Å². The van der Waals surface area contributed by atoms with Crippen LogP contribution in [0.3, 0.4) is 0 Å². The van der Waals surface area contributed by atoms with Crippen molar-refractivity contribution in [3.05, 3.63) is 0 Å². The van der Waals surface area contributed by atoms with E-state index in [0.29, 0.717) is 6.10 Å². The summed E-state index contributed by atoms with van der Waals surface area (Å²) in [5.41, 5.74) is 5.76. The van der Waals surface area contributed by atoms with Crippen molar-refractivity contribution >= 4 is 0 Å².